The van der Waals surface area contributed by atoms with Crippen LogP contribution < -0.4 is 10.6 Å². The van der Waals surface area contributed by atoms with Crippen LogP contribution in [0.2, 0.25) is 0 Å². The minimum Gasteiger partial charge on any atom is -0.444 e. The third kappa shape index (κ3) is 12.3. The van der Waals surface area contributed by atoms with E-state index in [1.165, 1.54) is 0 Å². The smallest absolute Gasteiger partial charge is 0.408 e. The van der Waals surface area contributed by atoms with Gasteiger partial charge in [-0.25, -0.2) is 4.79 Å². The Labute approximate surface area is 234 Å². The average molecular weight is 546 g/mol. The molecular formula is C30H47N3O4S. The SMILES string of the molecule is C#Cc1ccc(C(C(=O)NC(C)C)N(CCCCCCC)C(=O)C(CCSC)NC(=O)OC(C)(C)C)cc1. The number of alkyl carbamates (subject to hydrolysis) is 1. The van der Waals surface area contributed by atoms with Crippen LogP contribution in [0.25, 0.3) is 0 Å². The van der Waals surface area contributed by atoms with Crippen molar-refractivity contribution in [3.8, 4) is 12.3 Å². The Morgan fingerprint density at radius 2 is 1.68 bits per heavy atom. The molecule has 1 aromatic rings. The molecule has 0 saturated heterocycles. The molecule has 212 valence electrons. The Morgan fingerprint density at radius 1 is 1.05 bits per heavy atom. The van der Waals surface area contributed by atoms with Crippen LogP contribution in [0.3, 0.4) is 0 Å². The summed E-state index contributed by atoms with van der Waals surface area (Å²) in [6, 6.07) is 5.36. The fourth-order valence-electron chi connectivity index (χ4n) is 3.99. The molecule has 1 rings (SSSR count). The van der Waals surface area contributed by atoms with E-state index in [0.717, 1.165) is 32.1 Å². The van der Waals surface area contributed by atoms with Gasteiger partial charge in [0.25, 0.3) is 0 Å². The highest BCUT2D eigenvalue weighted by Crippen LogP contribution is 2.25. The largest absolute Gasteiger partial charge is 0.444 e. The summed E-state index contributed by atoms with van der Waals surface area (Å²) in [4.78, 5) is 42.0. The zero-order chi connectivity index (χ0) is 28.7. The van der Waals surface area contributed by atoms with E-state index in [1.807, 2.05) is 20.1 Å². The standard InChI is InChI=1S/C30H47N3O4S/c1-9-11-12-13-14-20-33(28(35)25(19-21-38-8)32-29(36)37-30(5,6)7)26(27(34)31-22(3)4)24-17-15-23(10-2)16-18-24/h2,15-18,22,25-26H,9,11-14,19-21H2,1,3-8H3,(H,31,34)(H,32,36). The fraction of sp³-hybridized carbons (Fsp3) is 0.633. The van der Waals surface area contributed by atoms with Crippen molar-refractivity contribution in [3.63, 3.8) is 0 Å². The van der Waals surface area contributed by atoms with Gasteiger partial charge < -0.3 is 20.3 Å². The molecule has 0 fully saturated rings. The molecule has 0 radical (unpaired) electrons. The van der Waals surface area contributed by atoms with Crippen LogP contribution in [0.15, 0.2) is 24.3 Å². The fourth-order valence-corrected chi connectivity index (χ4v) is 4.46. The van der Waals surface area contributed by atoms with Crippen LogP contribution in [-0.2, 0) is 14.3 Å². The zero-order valence-electron chi connectivity index (χ0n) is 24.3. The van der Waals surface area contributed by atoms with E-state index < -0.39 is 23.8 Å². The number of amides is 3. The predicted octanol–water partition coefficient (Wildman–Crippen LogP) is 5.68. The third-order valence-corrected chi connectivity index (χ3v) is 6.41. The summed E-state index contributed by atoms with van der Waals surface area (Å²) in [5, 5.41) is 5.76. The molecule has 3 amide bonds. The monoisotopic (exact) mass is 545 g/mol. The molecule has 0 aromatic heterocycles. The van der Waals surface area contributed by atoms with E-state index >= 15 is 0 Å². The summed E-state index contributed by atoms with van der Waals surface area (Å²) in [6.45, 7) is 11.7. The van der Waals surface area contributed by atoms with Crippen LogP contribution in [0.4, 0.5) is 4.79 Å². The molecule has 38 heavy (non-hydrogen) atoms. The van der Waals surface area contributed by atoms with Crippen molar-refractivity contribution in [2.75, 3.05) is 18.6 Å². The second-order valence-electron chi connectivity index (χ2n) is 10.8. The molecule has 0 aliphatic heterocycles. The lowest BCUT2D eigenvalue weighted by Gasteiger charge is -2.35. The number of ether oxygens (including phenoxy) is 1. The van der Waals surface area contributed by atoms with E-state index in [-0.39, 0.29) is 17.9 Å². The predicted molar refractivity (Wildman–Crippen MR) is 157 cm³/mol. The average Bonchev–Trinajstić information content (AvgIpc) is 2.84. The number of hydrogen-bond acceptors (Lipinski definition) is 5. The number of unbranched alkanes of at least 4 members (excludes halogenated alkanes) is 4. The van der Waals surface area contributed by atoms with Gasteiger partial charge in [-0.2, -0.15) is 11.8 Å². The lowest BCUT2D eigenvalue weighted by atomic mass is 10.00. The van der Waals surface area contributed by atoms with E-state index in [1.54, 1.807) is 61.7 Å². The summed E-state index contributed by atoms with van der Waals surface area (Å²) in [5.74, 6) is 2.69. The van der Waals surface area contributed by atoms with Crippen LogP contribution in [0, 0.1) is 12.3 Å². The molecule has 8 heteroatoms. The Morgan fingerprint density at radius 3 is 2.21 bits per heavy atom. The summed E-state index contributed by atoms with van der Waals surface area (Å²) in [5.41, 5.74) is 0.665. The first kappa shape index (κ1) is 33.4. The van der Waals surface area contributed by atoms with E-state index in [2.05, 4.69) is 23.5 Å². The molecule has 2 unspecified atom stereocenters. The zero-order valence-corrected chi connectivity index (χ0v) is 25.1. The van der Waals surface area contributed by atoms with Crippen LogP contribution in [0.5, 0.6) is 0 Å². The number of carbonyl (C=O) groups is 3. The number of nitrogens with one attached hydrogen (secondary N) is 2. The molecule has 0 aliphatic carbocycles. The Kier molecular flexibility index (Phi) is 15.0. The molecule has 1 aromatic carbocycles. The molecule has 2 N–H and O–H groups in total. The quantitative estimate of drug-likeness (QED) is 0.219. The Bertz CT molecular complexity index is 919. The summed E-state index contributed by atoms with van der Waals surface area (Å²) in [7, 11) is 0. The number of hydrogen-bond donors (Lipinski definition) is 2. The van der Waals surface area contributed by atoms with Gasteiger partial charge in [0.1, 0.15) is 17.7 Å². The van der Waals surface area contributed by atoms with Crippen molar-refractivity contribution >= 4 is 29.7 Å². The van der Waals surface area contributed by atoms with E-state index in [9.17, 15) is 14.4 Å². The van der Waals surface area contributed by atoms with Gasteiger partial charge in [-0.05, 0) is 77.2 Å². The second-order valence-corrected chi connectivity index (χ2v) is 11.7. The van der Waals surface area contributed by atoms with E-state index in [0.29, 0.717) is 29.8 Å². The molecule has 0 heterocycles. The summed E-state index contributed by atoms with van der Waals surface area (Å²) in [6.07, 6.45) is 12.2. The summed E-state index contributed by atoms with van der Waals surface area (Å²) >= 11 is 1.59. The molecule has 2 atom stereocenters. The van der Waals surface area contributed by atoms with E-state index in [4.69, 9.17) is 11.2 Å². The van der Waals surface area contributed by atoms with Crippen molar-refractivity contribution < 1.29 is 19.1 Å². The first-order valence-corrected chi connectivity index (χ1v) is 15.0. The number of benzene rings is 1. The van der Waals surface area contributed by atoms with Crippen molar-refractivity contribution in [2.45, 2.75) is 104 Å². The van der Waals surface area contributed by atoms with Gasteiger partial charge in [0.05, 0.1) is 0 Å². The number of terminal acetylenes is 1. The highest BCUT2D eigenvalue weighted by atomic mass is 32.2. The molecule has 0 bridgehead atoms. The first-order valence-electron chi connectivity index (χ1n) is 13.6. The summed E-state index contributed by atoms with van der Waals surface area (Å²) < 4.78 is 5.45. The van der Waals surface area contributed by atoms with Crippen LogP contribution >= 0.6 is 11.8 Å². The molecule has 0 saturated carbocycles. The minimum absolute atomic E-state index is 0.108. The van der Waals surface area contributed by atoms with Gasteiger partial charge in [-0.1, -0.05) is 50.7 Å². The molecular weight excluding hydrogens is 498 g/mol. The maximum atomic E-state index is 14.1. The highest BCUT2D eigenvalue weighted by molar-refractivity contribution is 7.98. The Balaban J connectivity index is 3.45. The first-order chi connectivity index (χ1) is 17.9. The van der Waals surface area contributed by atoms with Gasteiger partial charge in [0, 0.05) is 18.2 Å². The lowest BCUT2D eigenvalue weighted by molar-refractivity contribution is -0.142. The van der Waals surface area contributed by atoms with Crippen LogP contribution in [0.1, 0.15) is 97.2 Å². The number of rotatable bonds is 15. The topological polar surface area (TPSA) is 87.7 Å². The number of carbonyl (C=O) groups excluding carboxylic acids is 3. The van der Waals surface area contributed by atoms with Crippen molar-refractivity contribution in [1.29, 1.82) is 0 Å². The number of thioether (sulfide) groups is 1. The molecule has 7 nitrogen and oxygen atoms in total. The van der Waals surface area contributed by atoms with Gasteiger partial charge in [-0.15, -0.1) is 6.42 Å². The minimum atomic E-state index is -0.861. The normalized spacial score (nSPS) is 12.8. The van der Waals surface area contributed by atoms with Crippen molar-refractivity contribution in [1.82, 2.24) is 15.5 Å². The van der Waals surface area contributed by atoms with Crippen LogP contribution in [-0.4, -0.2) is 59.0 Å². The second kappa shape index (κ2) is 17.0. The van der Waals surface area contributed by atoms with Gasteiger partial charge in [-0.3, -0.25) is 9.59 Å². The maximum absolute atomic E-state index is 14.1. The van der Waals surface area contributed by atoms with Gasteiger partial charge in [0.15, 0.2) is 0 Å². The van der Waals surface area contributed by atoms with Crippen molar-refractivity contribution in [2.24, 2.45) is 0 Å². The Hall–Kier alpha value is -2.66. The molecule has 0 aliphatic rings. The third-order valence-electron chi connectivity index (χ3n) is 5.77. The molecule has 0 spiro atoms. The van der Waals surface area contributed by atoms with Gasteiger partial charge >= 0.3 is 6.09 Å². The van der Waals surface area contributed by atoms with Crippen molar-refractivity contribution in [3.05, 3.63) is 35.4 Å². The number of nitrogens with zero attached hydrogens (tertiary/aromatic N) is 1. The van der Waals surface area contributed by atoms with Gasteiger partial charge in [0.2, 0.25) is 11.8 Å². The highest BCUT2D eigenvalue weighted by Gasteiger charge is 2.36. The lowest BCUT2D eigenvalue weighted by Crippen LogP contribution is -2.54. The maximum Gasteiger partial charge on any atom is 0.408 e.